The highest BCUT2D eigenvalue weighted by Crippen LogP contribution is 2.44. The largest absolute Gasteiger partial charge is 0.481 e. The van der Waals surface area contributed by atoms with Gasteiger partial charge in [-0.25, -0.2) is 4.39 Å². The maximum Gasteiger partial charge on any atom is 0.471 e. The topological polar surface area (TPSA) is 92.4 Å². The molecule has 142 valence electrons. The molecule has 2 atom stereocenters. The molecule has 12 heteroatoms. The lowest BCUT2D eigenvalue weighted by Gasteiger charge is -2.24. The fraction of sp³-hybridized carbons (Fsp3) is 0.571. The smallest absolute Gasteiger partial charge is 0.471 e. The Balaban J connectivity index is 1.87. The van der Waals surface area contributed by atoms with E-state index in [0.29, 0.717) is 6.42 Å². The van der Waals surface area contributed by atoms with Crippen molar-refractivity contribution in [1.82, 2.24) is 20.1 Å². The highest BCUT2D eigenvalue weighted by atomic mass is 19.4. The maximum atomic E-state index is 15.4. The summed E-state index contributed by atoms with van der Waals surface area (Å²) in [5.74, 6) is -2.10. The Morgan fingerprint density at radius 1 is 1.15 bits per heavy atom. The number of halogens is 4. The minimum Gasteiger partial charge on any atom is -0.481 e. The summed E-state index contributed by atoms with van der Waals surface area (Å²) >= 11 is 0. The van der Waals surface area contributed by atoms with E-state index in [1.165, 1.54) is 20.3 Å². The third-order valence-corrected chi connectivity index (χ3v) is 3.88. The van der Waals surface area contributed by atoms with Crippen LogP contribution in [0, 0.1) is 0 Å². The third-order valence-electron chi connectivity index (χ3n) is 3.88. The van der Waals surface area contributed by atoms with Gasteiger partial charge in [0, 0.05) is 0 Å². The Kier molecular flexibility index (Phi) is 4.59. The SMILES string of the molecule is COc1cc(OC)nc(OC2CCCC2(F)c2noc(C(F)(F)F)n2)n1. The van der Waals surface area contributed by atoms with Crippen LogP contribution < -0.4 is 14.2 Å². The fourth-order valence-electron chi connectivity index (χ4n) is 2.62. The maximum absolute atomic E-state index is 15.4. The van der Waals surface area contributed by atoms with E-state index in [4.69, 9.17) is 14.2 Å². The first-order chi connectivity index (χ1) is 12.3. The van der Waals surface area contributed by atoms with Crippen LogP contribution in [0.4, 0.5) is 17.6 Å². The summed E-state index contributed by atoms with van der Waals surface area (Å²) in [5, 5.41) is 3.14. The summed E-state index contributed by atoms with van der Waals surface area (Å²) in [4.78, 5) is 11.0. The molecule has 0 bridgehead atoms. The van der Waals surface area contributed by atoms with Gasteiger partial charge in [0.1, 0.15) is 6.10 Å². The fourth-order valence-corrected chi connectivity index (χ4v) is 2.62. The third kappa shape index (κ3) is 3.35. The van der Waals surface area contributed by atoms with Crippen molar-refractivity contribution in [1.29, 1.82) is 0 Å². The number of methoxy groups -OCH3 is 2. The molecule has 0 aromatic carbocycles. The first-order valence-corrected chi connectivity index (χ1v) is 7.50. The lowest BCUT2D eigenvalue weighted by Crippen LogP contribution is -2.36. The van der Waals surface area contributed by atoms with Crippen molar-refractivity contribution in [2.45, 2.75) is 37.2 Å². The number of hydrogen-bond acceptors (Lipinski definition) is 8. The van der Waals surface area contributed by atoms with Crippen molar-refractivity contribution in [3.05, 3.63) is 17.8 Å². The Morgan fingerprint density at radius 3 is 2.35 bits per heavy atom. The van der Waals surface area contributed by atoms with E-state index in [1.54, 1.807) is 0 Å². The van der Waals surface area contributed by atoms with Crippen LogP contribution in [0.1, 0.15) is 31.0 Å². The molecule has 2 aromatic rings. The van der Waals surface area contributed by atoms with Crippen molar-refractivity contribution in [2.24, 2.45) is 0 Å². The first kappa shape index (κ1) is 18.1. The van der Waals surface area contributed by atoms with Gasteiger partial charge in [0.05, 0.1) is 20.3 Å². The van der Waals surface area contributed by atoms with Crippen molar-refractivity contribution < 1.29 is 36.3 Å². The average molecular weight is 378 g/mol. The summed E-state index contributed by atoms with van der Waals surface area (Å²) in [5.41, 5.74) is -2.37. The molecule has 8 nitrogen and oxygen atoms in total. The number of aromatic nitrogens is 4. The van der Waals surface area contributed by atoms with Crippen molar-refractivity contribution in [3.8, 4) is 17.8 Å². The molecular weight excluding hydrogens is 364 g/mol. The molecule has 1 aliphatic rings. The standard InChI is InChI=1S/C14H14F4N4O4/c1-23-8-6-9(24-2)20-12(19-8)25-7-4-3-5-13(7,15)10-21-11(26-22-10)14(16,17)18/h6-7H,3-5H2,1-2H3. The molecule has 1 aliphatic carbocycles. The zero-order chi connectivity index (χ0) is 18.9. The molecule has 3 rings (SSSR count). The van der Waals surface area contributed by atoms with Gasteiger partial charge in [-0.05, 0) is 19.3 Å². The van der Waals surface area contributed by atoms with E-state index in [9.17, 15) is 13.2 Å². The second-order valence-electron chi connectivity index (χ2n) is 5.52. The van der Waals surface area contributed by atoms with Gasteiger partial charge >= 0.3 is 18.1 Å². The predicted molar refractivity (Wildman–Crippen MR) is 75.5 cm³/mol. The van der Waals surface area contributed by atoms with Crippen molar-refractivity contribution >= 4 is 0 Å². The summed E-state index contributed by atoms with van der Waals surface area (Å²) in [6.07, 6.45) is -5.64. The Hall–Kier alpha value is -2.66. The second kappa shape index (κ2) is 6.57. The van der Waals surface area contributed by atoms with E-state index in [2.05, 4.69) is 24.6 Å². The number of ether oxygens (including phenoxy) is 3. The Bertz CT molecular complexity index is 762. The number of alkyl halides is 4. The zero-order valence-electron chi connectivity index (χ0n) is 13.7. The summed E-state index contributed by atoms with van der Waals surface area (Å²) in [6, 6.07) is 1.15. The molecule has 0 aliphatic heterocycles. The summed E-state index contributed by atoms with van der Waals surface area (Å²) in [6.45, 7) is 0. The minimum atomic E-state index is -4.86. The van der Waals surface area contributed by atoms with Crippen molar-refractivity contribution in [2.75, 3.05) is 14.2 Å². The highest BCUT2D eigenvalue weighted by molar-refractivity contribution is 5.23. The second-order valence-corrected chi connectivity index (χ2v) is 5.52. The Morgan fingerprint density at radius 2 is 1.81 bits per heavy atom. The van der Waals surface area contributed by atoms with Gasteiger partial charge in [0.15, 0.2) is 0 Å². The monoisotopic (exact) mass is 378 g/mol. The van der Waals surface area contributed by atoms with E-state index >= 15 is 4.39 Å². The molecule has 1 fully saturated rings. The quantitative estimate of drug-likeness (QED) is 0.734. The average Bonchev–Trinajstić information content (AvgIpc) is 3.23. The minimum absolute atomic E-state index is 0.119. The summed E-state index contributed by atoms with van der Waals surface area (Å²) < 4.78 is 72.8. The number of nitrogens with zero attached hydrogens (tertiary/aromatic N) is 4. The van der Waals surface area contributed by atoms with Crippen LogP contribution >= 0.6 is 0 Å². The van der Waals surface area contributed by atoms with Gasteiger partial charge in [-0.3, -0.25) is 0 Å². The van der Waals surface area contributed by atoms with Gasteiger partial charge in [0.2, 0.25) is 23.3 Å². The summed E-state index contributed by atoms with van der Waals surface area (Å²) in [7, 11) is 2.72. The normalized spacial score (nSPS) is 23.1. The molecule has 26 heavy (non-hydrogen) atoms. The van der Waals surface area contributed by atoms with Crippen LogP contribution in [0.25, 0.3) is 0 Å². The molecule has 2 aromatic heterocycles. The van der Waals surface area contributed by atoms with Crippen LogP contribution in [0.5, 0.6) is 17.8 Å². The van der Waals surface area contributed by atoms with Crippen LogP contribution in [-0.4, -0.2) is 40.4 Å². The molecular formula is C14H14F4N4O4. The van der Waals surface area contributed by atoms with Gasteiger partial charge in [-0.15, -0.1) is 0 Å². The lowest BCUT2D eigenvalue weighted by molar-refractivity contribution is -0.159. The van der Waals surface area contributed by atoms with E-state index in [1.807, 2.05) is 0 Å². The number of hydrogen-bond donors (Lipinski definition) is 0. The van der Waals surface area contributed by atoms with Gasteiger partial charge in [-0.2, -0.15) is 28.1 Å². The number of rotatable bonds is 5. The molecule has 0 amide bonds. The Labute approximate surface area is 144 Å². The van der Waals surface area contributed by atoms with Gasteiger partial charge in [-0.1, -0.05) is 5.16 Å². The van der Waals surface area contributed by atoms with E-state index in [0.717, 1.165) is 0 Å². The highest BCUT2D eigenvalue weighted by Gasteiger charge is 2.52. The van der Waals surface area contributed by atoms with Crippen LogP contribution in [0.15, 0.2) is 10.6 Å². The predicted octanol–water partition coefficient (Wildman–Crippen LogP) is 2.69. The van der Waals surface area contributed by atoms with Gasteiger partial charge in [0.25, 0.3) is 0 Å². The molecule has 0 radical (unpaired) electrons. The molecule has 2 heterocycles. The van der Waals surface area contributed by atoms with Crippen molar-refractivity contribution in [3.63, 3.8) is 0 Å². The van der Waals surface area contributed by atoms with E-state index < -0.39 is 29.7 Å². The van der Waals surface area contributed by atoms with Crippen LogP contribution in [-0.2, 0) is 11.8 Å². The molecule has 0 N–H and O–H groups in total. The lowest BCUT2D eigenvalue weighted by atomic mass is 10.0. The first-order valence-electron chi connectivity index (χ1n) is 7.50. The molecule has 2 unspecified atom stereocenters. The van der Waals surface area contributed by atoms with Crippen LogP contribution in [0.2, 0.25) is 0 Å². The molecule has 0 spiro atoms. The van der Waals surface area contributed by atoms with Gasteiger partial charge < -0.3 is 18.7 Å². The molecule has 1 saturated carbocycles. The van der Waals surface area contributed by atoms with Crippen LogP contribution in [0.3, 0.4) is 0 Å². The van der Waals surface area contributed by atoms with E-state index in [-0.39, 0.29) is 30.6 Å². The zero-order valence-corrected chi connectivity index (χ0v) is 13.7. The molecule has 0 saturated heterocycles.